The second kappa shape index (κ2) is 9.81. The fraction of sp³-hybridized carbons (Fsp3) is 0. The van der Waals surface area contributed by atoms with Crippen molar-refractivity contribution in [3.63, 3.8) is 0 Å². The van der Waals surface area contributed by atoms with Gasteiger partial charge < -0.3 is 4.90 Å². The average Bonchev–Trinajstić information content (AvgIpc) is 3.62. The zero-order valence-electron chi connectivity index (χ0n) is 23.2. The summed E-state index contributed by atoms with van der Waals surface area (Å²) in [5.41, 5.74) is 5.89. The number of hydrogen-bond acceptors (Lipinski definition) is 3. The zero-order valence-corrected chi connectivity index (χ0v) is 24.8. The molecule has 7 aromatic carbocycles. The third-order valence-electron chi connectivity index (χ3n) is 8.43. The Hall–Kier alpha value is -4.96. The Morgan fingerprint density at radius 3 is 1.79 bits per heavy atom. The Kier molecular flexibility index (Phi) is 5.62. The predicted molar refractivity (Wildman–Crippen MR) is 190 cm³/mol. The minimum atomic E-state index is 1.15. The van der Waals surface area contributed by atoms with Gasteiger partial charge in [-0.15, -0.1) is 22.7 Å². The molecular formula is C40H25NS2. The van der Waals surface area contributed by atoms with Gasteiger partial charge in [-0.05, 0) is 70.9 Å². The van der Waals surface area contributed by atoms with Gasteiger partial charge in [0.1, 0.15) is 0 Å². The summed E-state index contributed by atoms with van der Waals surface area (Å²) in [4.78, 5) is 2.43. The van der Waals surface area contributed by atoms with Crippen LogP contribution in [0.4, 0.5) is 17.1 Å². The average molecular weight is 584 g/mol. The lowest BCUT2D eigenvalue weighted by Gasteiger charge is -2.28. The topological polar surface area (TPSA) is 3.24 Å². The van der Waals surface area contributed by atoms with E-state index >= 15 is 0 Å². The summed E-state index contributed by atoms with van der Waals surface area (Å²) >= 11 is 3.74. The van der Waals surface area contributed by atoms with Gasteiger partial charge in [0.05, 0.1) is 5.69 Å². The number of rotatable bonds is 4. The first-order chi connectivity index (χ1) is 21.3. The van der Waals surface area contributed by atoms with Crippen LogP contribution in [0, 0.1) is 0 Å². The predicted octanol–water partition coefficient (Wildman–Crippen LogP) is 12.7. The van der Waals surface area contributed by atoms with E-state index in [2.05, 4.69) is 157 Å². The molecule has 3 heteroatoms. The quantitative estimate of drug-likeness (QED) is 0.199. The molecule has 0 aliphatic carbocycles. The Morgan fingerprint density at radius 1 is 0.372 bits per heavy atom. The Balaban J connectivity index is 1.28. The summed E-state index contributed by atoms with van der Waals surface area (Å²) < 4.78 is 5.29. The Bertz CT molecular complexity index is 2470. The number of anilines is 3. The number of hydrogen-bond donors (Lipinski definition) is 0. The first-order valence-electron chi connectivity index (χ1n) is 14.5. The summed E-state index contributed by atoms with van der Waals surface area (Å²) in [6.07, 6.45) is 0. The van der Waals surface area contributed by atoms with E-state index in [0.29, 0.717) is 0 Å². The number of thiophene rings is 2. The SMILES string of the molecule is c1ccc(-c2ccccc2N(c2ccc3cc4c(cc3c2)sc2ccccc24)c2ccc3c(c2)sc2ccccc23)cc1. The molecule has 0 spiro atoms. The molecule has 0 bridgehead atoms. The van der Waals surface area contributed by atoms with Crippen molar-refractivity contribution < 1.29 is 0 Å². The van der Waals surface area contributed by atoms with E-state index in [1.165, 1.54) is 62.2 Å². The van der Waals surface area contributed by atoms with E-state index in [9.17, 15) is 0 Å². The molecular weight excluding hydrogens is 559 g/mol. The monoisotopic (exact) mass is 583 g/mol. The van der Waals surface area contributed by atoms with Crippen LogP contribution in [-0.4, -0.2) is 0 Å². The van der Waals surface area contributed by atoms with Crippen LogP contribution in [-0.2, 0) is 0 Å². The highest BCUT2D eigenvalue weighted by Crippen LogP contribution is 2.45. The van der Waals surface area contributed by atoms with Gasteiger partial charge in [-0.2, -0.15) is 0 Å². The highest BCUT2D eigenvalue weighted by Gasteiger charge is 2.19. The van der Waals surface area contributed by atoms with E-state index in [1.54, 1.807) is 0 Å². The molecule has 2 aromatic heterocycles. The number of benzene rings is 7. The lowest BCUT2D eigenvalue weighted by molar-refractivity contribution is 1.30. The van der Waals surface area contributed by atoms with Crippen LogP contribution >= 0.6 is 22.7 Å². The van der Waals surface area contributed by atoms with Gasteiger partial charge in [0.2, 0.25) is 0 Å². The van der Waals surface area contributed by atoms with Crippen molar-refractivity contribution in [1.82, 2.24) is 0 Å². The molecule has 0 N–H and O–H groups in total. The molecule has 0 fully saturated rings. The maximum Gasteiger partial charge on any atom is 0.0540 e. The van der Waals surface area contributed by atoms with Crippen LogP contribution in [0.5, 0.6) is 0 Å². The minimum Gasteiger partial charge on any atom is -0.310 e. The first kappa shape index (κ1) is 24.6. The van der Waals surface area contributed by atoms with Gasteiger partial charge in [0, 0.05) is 57.3 Å². The molecule has 202 valence electrons. The highest BCUT2D eigenvalue weighted by atomic mass is 32.1. The number of fused-ring (bicyclic) bond motifs is 7. The molecule has 0 saturated heterocycles. The van der Waals surface area contributed by atoms with Crippen molar-refractivity contribution in [2.24, 2.45) is 0 Å². The number of para-hydroxylation sites is 1. The Labute approximate surface area is 257 Å². The maximum atomic E-state index is 2.43. The van der Waals surface area contributed by atoms with Crippen molar-refractivity contribution in [3.05, 3.63) is 152 Å². The van der Waals surface area contributed by atoms with E-state index in [-0.39, 0.29) is 0 Å². The first-order valence-corrected chi connectivity index (χ1v) is 16.1. The fourth-order valence-corrected chi connectivity index (χ4v) is 8.68. The van der Waals surface area contributed by atoms with Crippen LogP contribution in [0.1, 0.15) is 0 Å². The maximum absolute atomic E-state index is 2.43. The summed E-state index contributed by atoms with van der Waals surface area (Å²) in [7, 11) is 0. The summed E-state index contributed by atoms with van der Waals surface area (Å²) in [6.45, 7) is 0. The molecule has 43 heavy (non-hydrogen) atoms. The van der Waals surface area contributed by atoms with E-state index in [4.69, 9.17) is 0 Å². The normalized spacial score (nSPS) is 11.7. The van der Waals surface area contributed by atoms with Gasteiger partial charge in [-0.3, -0.25) is 0 Å². The van der Waals surface area contributed by atoms with E-state index < -0.39 is 0 Å². The van der Waals surface area contributed by atoms with Crippen molar-refractivity contribution in [2.75, 3.05) is 4.90 Å². The zero-order chi connectivity index (χ0) is 28.3. The minimum absolute atomic E-state index is 1.15. The van der Waals surface area contributed by atoms with Gasteiger partial charge in [-0.25, -0.2) is 0 Å². The van der Waals surface area contributed by atoms with Crippen LogP contribution < -0.4 is 4.90 Å². The lowest BCUT2D eigenvalue weighted by Crippen LogP contribution is -2.11. The van der Waals surface area contributed by atoms with Crippen LogP contribution in [0.2, 0.25) is 0 Å². The molecule has 0 radical (unpaired) electrons. The van der Waals surface area contributed by atoms with Crippen molar-refractivity contribution in [3.8, 4) is 11.1 Å². The van der Waals surface area contributed by atoms with E-state index in [1.807, 2.05) is 22.7 Å². The van der Waals surface area contributed by atoms with Gasteiger partial charge in [0.15, 0.2) is 0 Å². The molecule has 0 unspecified atom stereocenters. The summed E-state index contributed by atoms with van der Waals surface area (Å²) in [5.74, 6) is 0. The number of nitrogens with zero attached hydrogens (tertiary/aromatic N) is 1. The highest BCUT2D eigenvalue weighted by molar-refractivity contribution is 7.26. The van der Waals surface area contributed by atoms with Crippen molar-refractivity contribution in [1.29, 1.82) is 0 Å². The second-order valence-corrected chi connectivity index (χ2v) is 13.1. The molecule has 0 atom stereocenters. The molecule has 0 saturated carbocycles. The van der Waals surface area contributed by atoms with Crippen LogP contribution in [0.25, 0.3) is 62.2 Å². The summed E-state index contributed by atoms with van der Waals surface area (Å²) in [6, 6.07) is 55.5. The van der Waals surface area contributed by atoms with Crippen molar-refractivity contribution in [2.45, 2.75) is 0 Å². The third-order valence-corrected chi connectivity index (χ3v) is 10.7. The molecule has 9 rings (SSSR count). The smallest absolute Gasteiger partial charge is 0.0540 e. The van der Waals surface area contributed by atoms with E-state index in [0.717, 1.165) is 17.1 Å². The third kappa shape index (κ3) is 4.04. The molecule has 2 heterocycles. The lowest BCUT2D eigenvalue weighted by atomic mass is 10.0. The van der Waals surface area contributed by atoms with Crippen LogP contribution in [0.3, 0.4) is 0 Å². The molecule has 1 nitrogen and oxygen atoms in total. The second-order valence-electron chi connectivity index (χ2n) is 11.0. The van der Waals surface area contributed by atoms with Gasteiger partial charge in [-0.1, -0.05) is 97.1 Å². The molecule has 0 aliphatic heterocycles. The Morgan fingerprint density at radius 2 is 0.977 bits per heavy atom. The molecule has 0 aliphatic rings. The van der Waals surface area contributed by atoms with Crippen molar-refractivity contribution >= 4 is 90.9 Å². The van der Waals surface area contributed by atoms with Gasteiger partial charge >= 0.3 is 0 Å². The fourth-order valence-electron chi connectivity index (χ4n) is 6.41. The standard InChI is InChI=1S/C40H25NS2/c1-2-10-26(11-3-1)31-12-4-7-15-36(31)41(30-20-21-34-32-13-5-8-16-37(32)43-40(34)25-30)29-19-18-27-23-35-33-14-6-9-17-38(33)42-39(35)24-28(27)22-29/h1-25H. The molecule has 9 aromatic rings. The van der Waals surface area contributed by atoms with Crippen LogP contribution in [0.15, 0.2) is 152 Å². The largest absolute Gasteiger partial charge is 0.310 e. The molecule has 0 amide bonds. The van der Waals surface area contributed by atoms with Gasteiger partial charge in [0.25, 0.3) is 0 Å². The summed E-state index contributed by atoms with van der Waals surface area (Å²) in [5, 5.41) is 7.82.